The molecule has 1 aromatic heterocycles. The van der Waals surface area contributed by atoms with Crippen molar-refractivity contribution in [3.05, 3.63) is 23.9 Å². The van der Waals surface area contributed by atoms with Gasteiger partial charge in [0, 0.05) is 19.3 Å². The lowest BCUT2D eigenvalue weighted by Gasteiger charge is -2.32. The molecule has 0 bridgehead atoms. The number of nitrogens with zero attached hydrogens (tertiary/aromatic N) is 2. The Balaban J connectivity index is 1.84. The van der Waals surface area contributed by atoms with Gasteiger partial charge in [-0.2, -0.15) is 0 Å². The van der Waals surface area contributed by atoms with E-state index in [1.54, 1.807) is 0 Å². The van der Waals surface area contributed by atoms with E-state index in [0.29, 0.717) is 0 Å². The van der Waals surface area contributed by atoms with Crippen LogP contribution >= 0.6 is 0 Å². The van der Waals surface area contributed by atoms with E-state index in [-0.39, 0.29) is 0 Å². The van der Waals surface area contributed by atoms with E-state index in [2.05, 4.69) is 41.2 Å². The Morgan fingerprint density at radius 2 is 2.12 bits per heavy atom. The van der Waals surface area contributed by atoms with Gasteiger partial charge >= 0.3 is 0 Å². The lowest BCUT2D eigenvalue weighted by atomic mass is 9.97. The van der Waals surface area contributed by atoms with Gasteiger partial charge in [-0.3, -0.25) is 0 Å². The average Bonchev–Trinajstić information content (AvgIpc) is 2.38. The molecule has 2 heterocycles. The van der Waals surface area contributed by atoms with E-state index in [1.165, 1.54) is 24.9 Å². The fourth-order valence-corrected chi connectivity index (χ4v) is 2.36. The molecule has 3 heteroatoms. The summed E-state index contributed by atoms with van der Waals surface area (Å²) < 4.78 is 0. The maximum absolute atomic E-state index is 4.50. The molecule has 1 N–H and O–H groups in total. The first kappa shape index (κ1) is 12.4. The fourth-order valence-electron chi connectivity index (χ4n) is 2.36. The molecular formula is C14H23N3. The summed E-state index contributed by atoms with van der Waals surface area (Å²) in [6.07, 6.45) is 4.52. The molecule has 1 fully saturated rings. The first-order valence-corrected chi connectivity index (χ1v) is 6.68. The summed E-state index contributed by atoms with van der Waals surface area (Å²) in [5, 5.41) is 3.45. The van der Waals surface area contributed by atoms with Crippen molar-refractivity contribution in [3.63, 3.8) is 0 Å². The van der Waals surface area contributed by atoms with E-state index < -0.39 is 0 Å². The molecule has 3 nitrogen and oxygen atoms in total. The highest BCUT2D eigenvalue weighted by molar-refractivity contribution is 5.39. The van der Waals surface area contributed by atoms with Crippen molar-refractivity contribution in [1.29, 1.82) is 0 Å². The Morgan fingerprint density at radius 1 is 1.35 bits per heavy atom. The number of hydrogen-bond donors (Lipinski definition) is 1. The van der Waals surface area contributed by atoms with Gasteiger partial charge in [0.15, 0.2) is 0 Å². The predicted molar refractivity (Wildman–Crippen MR) is 72.5 cm³/mol. The molecule has 0 radical (unpaired) electrons. The molecule has 0 spiro atoms. The molecule has 17 heavy (non-hydrogen) atoms. The van der Waals surface area contributed by atoms with E-state index in [4.69, 9.17) is 0 Å². The fraction of sp³-hybridized carbons (Fsp3) is 0.643. The first-order chi connectivity index (χ1) is 8.29. The van der Waals surface area contributed by atoms with Crippen LogP contribution in [0.1, 0.15) is 25.3 Å². The van der Waals surface area contributed by atoms with Crippen molar-refractivity contribution in [1.82, 2.24) is 10.3 Å². The largest absolute Gasteiger partial charge is 0.357 e. The molecule has 1 aliphatic rings. The highest BCUT2D eigenvalue weighted by Gasteiger charge is 2.19. The second-order valence-electron chi connectivity index (χ2n) is 4.93. The van der Waals surface area contributed by atoms with Crippen molar-refractivity contribution in [2.45, 2.75) is 26.7 Å². The minimum absolute atomic E-state index is 0.844. The molecule has 0 saturated carbocycles. The van der Waals surface area contributed by atoms with Crippen LogP contribution in [-0.2, 0) is 0 Å². The quantitative estimate of drug-likeness (QED) is 0.864. The number of pyridine rings is 1. The van der Waals surface area contributed by atoms with E-state index in [9.17, 15) is 0 Å². The Morgan fingerprint density at radius 3 is 2.71 bits per heavy atom. The maximum Gasteiger partial charge on any atom is 0.128 e. The molecule has 0 aliphatic carbocycles. The van der Waals surface area contributed by atoms with Gasteiger partial charge < -0.3 is 10.2 Å². The van der Waals surface area contributed by atoms with Crippen LogP contribution in [0.4, 0.5) is 5.82 Å². The Labute approximate surface area is 104 Å². The number of piperidine rings is 1. The predicted octanol–water partition coefficient (Wildman–Crippen LogP) is 2.22. The molecule has 0 amide bonds. The average molecular weight is 233 g/mol. The summed E-state index contributed by atoms with van der Waals surface area (Å²) in [7, 11) is 0. The van der Waals surface area contributed by atoms with Crippen molar-refractivity contribution in [3.8, 4) is 0 Å². The molecular weight excluding hydrogens is 210 g/mol. The van der Waals surface area contributed by atoms with Gasteiger partial charge in [-0.1, -0.05) is 13.0 Å². The second-order valence-corrected chi connectivity index (χ2v) is 4.93. The van der Waals surface area contributed by atoms with Gasteiger partial charge in [0.25, 0.3) is 0 Å². The van der Waals surface area contributed by atoms with Crippen LogP contribution in [0.5, 0.6) is 0 Å². The zero-order valence-electron chi connectivity index (χ0n) is 10.9. The SMILES string of the molecule is CCNCC1CCN(c2ccc(C)cn2)CC1. The van der Waals surface area contributed by atoms with Gasteiger partial charge in [-0.15, -0.1) is 0 Å². The highest BCUT2D eigenvalue weighted by Crippen LogP contribution is 2.21. The summed E-state index contributed by atoms with van der Waals surface area (Å²) in [5.74, 6) is 1.98. The summed E-state index contributed by atoms with van der Waals surface area (Å²) in [4.78, 5) is 6.90. The van der Waals surface area contributed by atoms with Gasteiger partial charge in [-0.25, -0.2) is 4.98 Å². The number of nitrogens with one attached hydrogen (secondary N) is 1. The first-order valence-electron chi connectivity index (χ1n) is 6.68. The van der Waals surface area contributed by atoms with Crippen LogP contribution in [0.15, 0.2) is 18.3 Å². The summed E-state index contributed by atoms with van der Waals surface area (Å²) in [6.45, 7) is 8.80. The van der Waals surface area contributed by atoms with Crippen LogP contribution in [0, 0.1) is 12.8 Å². The lowest BCUT2D eigenvalue weighted by Crippen LogP contribution is -2.37. The Kier molecular flexibility index (Phi) is 4.37. The van der Waals surface area contributed by atoms with Crippen LogP contribution in [0.3, 0.4) is 0 Å². The molecule has 1 aromatic rings. The zero-order chi connectivity index (χ0) is 12.1. The third kappa shape index (κ3) is 3.43. The molecule has 1 aliphatic heterocycles. The molecule has 1 saturated heterocycles. The lowest BCUT2D eigenvalue weighted by molar-refractivity contribution is 0.385. The Hall–Kier alpha value is -1.09. The van der Waals surface area contributed by atoms with Crippen LogP contribution in [0.2, 0.25) is 0 Å². The monoisotopic (exact) mass is 233 g/mol. The summed E-state index contributed by atoms with van der Waals surface area (Å²) in [5.41, 5.74) is 1.23. The van der Waals surface area contributed by atoms with Crippen molar-refractivity contribution in [2.24, 2.45) is 5.92 Å². The van der Waals surface area contributed by atoms with Crippen molar-refractivity contribution < 1.29 is 0 Å². The van der Waals surface area contributed by atoms with Crippen LogP contribution in [0.25, 0.3) is 0 Å². The van der Waals surface area contributed by atoms with Gasteiger partial charge in [0.1, 0.15) is 5.82 Å². The topological polar surface area (TPSA) is 28.2 Å². The third-order valence-corrected chi connectivity index (χ3v) is 3.52. The van der Waals surface area contributed by atoms with E-state index in [0.717, 1.165) is 31.4 Å². The number of aryl methyl sites for hydroxylation is 1. The van der Waals surface area contributed by atoms with Crippen molar-refractivity contribution in [2.75, 3.05) is 31.1 Å². The molecule has 2 rings (SSSR count). The van der Waals surface area contributed by atoms with Crippen molar-refractivity contribution >= 4 is 5.82 Å². The van der Waals surface area contributed by atoms with E-state index in [1.807, 2.05) is 6.20 Å². The molecule has 94 valence electrons. The van der Waals surface area contributed by atoms with Crippen LogP contribution in [-0.4, -0.2) is 31.2 Å². The molecule has 0 atom stereocenters. The minimum Gasteiger partial charge on any atom is -0.357 e. The van der Waals surface area contributed by atoms with E-state index >= 15 is 0 Å². The number of rotatable bonds is 4. The smallest absolute Gasteiger partial charge is 0.128 e. The maximum atomic E-state index is 4.50. The highest BCUT2D eigenvalue weighted by atomic mass is 15.2. The van der Waals surface area contributed by atoms with Crippen LogP contribution < -0.4 is 10.2 Å². The summed E-state index contributed by atoms with van der Waals surface area (Å²) in [6, 6.07) is 4.28. The minimum atomic E-state index is 0.844. The normalized spacial score (nSPS) is 17.4. The molecule has 0 unspecified atom stereocenters. The second kappa shape index (κ2) is 6.01. The number of hydrogen-bond acceptors (Lipinski definition) is 3. The van der Waals surface area contributed by atoms with Gasteiger partial charge in [-0.05, 0) is 50.4 Å². The third-order valence-electron chi connectivity index (χ3n) is 3.52. The number of anilines is 1. The molecule has 0 aromatic carbocycles. The number of aromatic nitrogens is 1. The van der Waals surface area contributed by atoms with Gasteiger partial charge in [0.05, 0.1) is 0 Å². The standard InChI is InChI=1S/C14H23N3/c1-3-15-11-13-6-8-17(9-7-13)14-5-4-12(2)10-16-14/h4-5,10,13,15H,3,6-9,11H2,1-2H3. The van der Waals surface area contributed by atoms with Gasteiger partial charge in [0.2, 0.25) is 0 Å². The Bertz CT molecular complexity index is 326. The zero-order valence-corrected chi connectivity index (χ0v) is 10.9. The summed E-state index contributed by atoms with van der Waals surface area (Å²) >= 11 is 0.